The van der Waals surface area contributed by atoms with E-state index in [9.17, 15) is 0 Å². The van der Waals surface area contributed by atoms with Crippen molar-refractivity contribution in [3.63, 3.8) is 0 Å². The van der Waals surface area contributed by atoms with E-state index in [1.165, 1.54) is 0 Å². The summed E-state index contributed by atoms with van der Waals surface area (Å²) in [6, 6.07) is 16.2. The first-order chi connectivity index (χ1) is 9.33. The Balaban J connectivity index is 1.93. The molecule has 0 aliphatic carbocycles. The van der Waals surface area contributed by atoms with Gasteiger partial charge in [-0.3, -0.25) is 9.97 Å². The van der Waals surface area contributed by atoms with Gasteiger partial charge in [-0.05, 0) is 35.9 Å². The maximum absolute atomic E-state index is 4.50. The highest BCUT2D eigenvalue weighted by atomic mass is 79.9. The molecule has 0 aliphatic heterocycles. The Morgan fingerprint density at radius 2 is 1.53 bits per heavy atom. The lowest BCUT2D eigenvalue weighted by atomic mass is 10.1. The van der Waals surface area contributed by atoms with E-state index in [1.54, 1.807) is 6.20 Å². The monoisotopic (exact) mass is 310 g/mol. The molecule has 2 heterocycles. The molecule has 2 aromatic heterocycles. The van der Waals surface area contributed by atoms with E-state index in [4.69, 9.17) is 0 Å². The lowest BCUT2D eigenvalue weighted by Gasteiger charge is -2.04. The molecule has 2 nitrogen and oxygen atoms in total. The first kappa shape index (κ1) is 12.1. The summed E-state index contributed by atoms with van der Waals surface area (Å²) >= 11 is 3.44. The van der Waals surface area contributed by atoms with Crippen molar-refractivity contribution in [1.82, 2.24) is 9.97 Å². The summed E-state index contributed by atoms with van der Waals surface area (Å²) in [5, 5.41) is 0. The largest absolute Gasteiger partial charge is 0.264 e. The van der Waals surface area contributed by atoms with Crippen LogP contribution in [0.1, 0.15) is 0 Å². The lowest BCUT2D eigenvalue weighted by Crippen LogP contribution is -1.85. The molecule has 0 N–H and O–H groups in total. The fourth-order valence-corrected chi connectivity index (χ4v) is 2.16. The van der Waals surface area contributed by atoms with Crippen LogP contribution in [0.5, 0.6) is 0 Å². The van der Waals surface area contributed by atoms with Crippen LogP contribution in [0.3, 0.4) is 0 Å². The topological polar surface area (TPSA) is 25.8 Å². The third kappa shape index (κ3) is 2.71. The summed E-state index contributed by atoms with van der Waals surface area (Å²) in [5.41, 5.74) is 4.24. The summed E-state index contributed by atoms with van der Waals surface area (Å²) in [5.74, 6) is 0. The quantitative estimate of drug-likeness (QED) is 0.692. The van der Waals surface area contributed by atoms with E-state index in [1.807, 2.05) is 42.7 Å². The van der Waals surface area contributed by atoms with Crippen LogP contribution < -0.4 is 0 Å². The Morgan fingerprint density at radius 3 is 2.16 bits per heavy atom. The standard InChI is InChI=1S/C16H11BrN2/c17-15-6-3-12(4-7-15)13-5-8-16(19-11-13)14-2-1-9-18-10-14/h1-11H. The van der Waals surface area contributed by atoms with Crippen molar-refractivity contribution in [2.75, 3.05) is 0 Å². The summed E-state index contributed by atoms with van der Waals surface area (Å²) in [6.07, 6.45) is 5.48. The number of hydrogen-bond donors (Lipinski definition) is 0. The molecular weight excluding hydrogens is 300 g/mol. The molecule has 0 amide bonds. The number of aromatic nitrogens is 2. The predicted octanol–water partition coefficient (Wildman–Crippen LogP) is 4.57. The molecule has 0 spiro atoms. The Labute approximate surface area is 120 Å². The van der Waals surface area contributed by atoms with Crippen molar-refractivity contribution in [2.45, 2.75) is 0 Å². The molecule has 0 saturated heterocycles. The molecule has 1 aromatic carbocycles. The van der Waals surface area contributed by atoms with Gasteiger partial charge in [0.1, 0.15) is 0 Å². The van der Waals surface area contributed by atoms with E-state index in [0.717, 1.165) is 26.9 Å². The van der Waals surface area contributed by atoms with Gasteiger partial charge in [-0.25, -0.2) is 0 Å². The van der Waals surface area contributed by atoms with Crippen LogP contribution in [0.25, 0.3) is 22.4 Å². The van der Waals surface area contributed by atoms with Crippen molar-refractivity contribution in [3.05, 3.63) is 71.6 Å². The van der Waals surface area contributed by atoms with Gasteiger partial charge in [0.25, 0.3) is 0 Å². The van der Waals surface area contributed by atoms with Crippen molar-refractivity contribution in [1.29, 1.82) is 0 Å². The highest BCUT2D eigenvalue weighted by molar-refractivity contribution is 9.10. The normalized spacial score (nSPS) is 10.4. The van der Waals surface area contributed by atoms with Gasteiger partial charge in [0, 0.05) is 34.2 Å². The molecule has 0 aliphatic rings. The van der Waals surface area contributed by atoms with E-state index < -0.39 is 0 Å². The van der Waals surface area contributed by atoms with E-state index in [2.05, 4.69) is 44.1 Å². The predicted molar refractivity (Wildman–Crippen MR) is 80.6 cm³/mol. The van der Waals surface area contributed by atoms with Crippen LogP contribution >= 0.6 is 15.9 Å². The zero-order valence-electron chi connectivity index (χ0n) is 10.1. The number of benzene rings is 1. The first-order valence-electron chi connectivity index (χ1n) is 5.95. The second-order valence-electron chi connectivity index (χ2n) is 4.18. The van der Waals surface area contributed by atoms with Crippen molar-refractivity contribution in [2.24, 2.45) is 0 Å². The minimum absolute atomic E-state index is 0.939. The minimum Gasteiger partial charge on any atom is -0.264 e. The third-order valence-corrected chi connectivity index (χ3v) is 3.43. The third-order valence-electron chi connectivity index (χ3n) is 2.90. The van der Waals surface area contributed by atoms with Gasteiger partial charge in [-0.1, -0.05) is 34.1 Å². The van der Waals surface area contributed by atoms with Crippen molar-refractivity contribution in [3.8, 4) is 22.4 Å². The van der Waals surface area contributed by atoms with Gasteiger partial charge >= 0.3 is 0 Å². The maximum atomic E-state index is 4.50. The Morgan fingerprint density at radius 1 is 0.737 bits per heavy atom. The molecule has 0 fully saturated rings. The second kappa shape index (κ2) is 5.33. The smallest absolute Gasteiger partial charge is 0.0717 e. The highest BCUT2D eigenvalue weighted by Gasteiger charge is 2.01. The molecule has 0 radical (unpaired) electrons. The van der Waals surface area contributed by atoms with E-state index in [-0.39, 0.29) is 0 Å². The van der Waals surface area contributed by atoms with Crippen molar-refractivity contribution >= 4 is 15.9 Å². The van der Waals surface area contributed by atoms with Crippen LogP contribution in [-0.2, 0) is 0 Å². The molecule has 3 heteroatoms. The Hall–Kier alpha value is -2.00. The SMILES string of the molecule is Brc1ccc(-c2ccc(-c3cccnc3)nc2)cc1. The average molecular weight is 311 g/mol. The zero-order valence-corrected chi connectivity index (χ0v) is 11.7. The molecule has 19 heavy (non-hydrogen) atoms. The van der Waals surface area contributed by atoms with Crippen LogP contribution in [-0.4, -0.2) is 9.97 Å². The van der Waals surface area contributed by atoms with E-state index >= 15 is 0 Å². The molecule has 0 atom stereocenters. The van der Waals surface area contributed by atoms with Crippen molar-refractivity contribution < 1.29 is 0 Å². The molecule has 3 rings (SSSR count). The van der Waals surface area contributed by atoms with Gasteiger partial charge in [0.2, 0.25) is 0 Å². The van der Waals surface area contributed by atoms with Gasteiger partial charge in [-0.15, -0.1) is 0 Å². The summed E-state index contributed by atoms with van der Waals surface area (Å²) in [7, 11) is 0. The summed E-state index contributed by atoms with van der Waals surface area (Å²) < 4.78 is 1.08. The van der Waals surface area contributed by atoms with Gasteiger partial charge in [0.15, 0.2) is 0 Å². The molecule has 92 valence electrons. The maximum Gasteiger partial charge on any atom is 0.0717 e. The molecule has 3 aromatic rings. The second-order valence-corrected chi connectivity index (χ2v) is 5.10. The number of halogens is 1. The number of hydrogen-bond acceptors (Lipinski definition) is 2. The van der Waals surface area contributed by atoms with Crippen LogP contribution in [0.4, 0.5) is 0 Å². The van der Waals surface area contributed by atoms with Crippen LogP contribution in [0.15, 0.2) is 71.6 Å². The number of rotatable bonds is 2. The Bertz CT molecular complexity index is 661. The molecule has 0 saturated carbocycles. The molecule has 0 bridgehead atoms. The fourth-order valence-electron chi connectivity index (χ4n) is 1.89. The lowest BCUT2D eigenvalue weighted by molar-refractivity contribution is 1.28. The molecular formula is C16H11BrN2. The van der Waals surface area contributed by atoms with Gasteiger partial charge < -0.3 is 0 Å². The number of pyridine rings is 2. The van der Waals surface area contributed by atoms with E-state index in [0.29, 0.717) is 0 Å². The first-order valence-corrected chi connectivity index (χ1v) is 6.74. The minimum atomic E-state index is 0.939. The highest BCUT2D eigenvalue weighted by Crippen LogP contribution is 2.23. The van der Waals surface area contributed by atoms with Crippen LogP contribution in [0, 0.1) is 0 Å². The van der Waals surface area contributed by atoms with Gasteiger partial charge in [0.05, 0.1) is 5.69 Å². The number of nitrogens with zero attached hydrogens (tertiary/aromatic N) is 2. The summed E-state index contributed by atoms with van der Waals surface area (Å²) in [4.78, 5) is 8.60. The average Bonchev–Trinajstić information content (AvgIpc) is 2.49. The summed E-state index contributed by atoms with van der Waals surface area (Å²) in [6.45, 7) is 0. The molecule has 0 unspecified atom stereocenters. The Kier molecular flexibility index (Phi) is 3.38. The fraction of sp³-hybridized carbons (Fsp3) is 0. The van der Waals surface area contributed by atoms with Crippen LogP contribution in [0.2, 0.25) is 0 Å². The zero-order chi connectivity index (χ0) is 13.1. The van der Waals surface area contributed by atoms with Gasteiger partial charge in [-0.2, -0.15) is 0 Å².